The van der Waals surface area contributed by atoms with Crippen molar-refractivity contribution < 1.29 is 48.9 Å². The Morgan fingerprint density at radius 1 is 1.25 bits per heavy atom. The van der Waals surface area contributed by atoms with Gasteiger partial charge in [0.1, 0.15) is 0 Å². The van der Waals surface area contributed by atoms with E-state index in [0.717, 1.165) is 0 Å². The Morgan fingerprint density at radius 3 is 2.08 bits per heavy atom. The normalized spacial score (nSPS) is 17.2. The van der Waals surface area contributed by atoms with E-state index in [1.165, 1.54) is 7.11 Å². The second kappa shape index (κ2) is 8.06. The van der Waals surface area contributed by atoms with Crippen molar-refractivity contribution in [1.29, 1.82) is 0 Å². The molecule has 2 unspecified atom stereocenters. The summed E-state index contributed by atoms with van der Waals surface area (Å²) in [5.41, 5.74) is 0. The van der Waals surface area contributed by atoms with Gasteiger partial charge >= 0.3 is 27.5 Å². The molecule has 0 heterocycles. The summed E-state index contributed by atoms with van der Waals surface area (Å²) in [5.74, 6) is -1.65. The van der Waals surface area contributed by atoms with Crippen LogP contribution in [0.3, 0.4) is 0 Å². The molecule has 0 bridgehead atoms. The fourth-order valence-corrected chi connectivity index (χ4v) is 3.90. The fraction of sp³-hybridized carbons (Fsp3) is 0.909. The summed E-state index contributed by atoms with van der Waals surface area (Å²) < 4.78 is 102. The van der Waals surface area contributed by atoms with Gasteiger partial charge in [-0.25, -0.2) is 0 Å². The molecule has 0 fully saturated rings. The van der Waals surface area contributed by atoms with Crippen LogP contribution in [0.5, 0.6) is 0 Å². The van der Waals surface area contributed by atoms with Crippen molar-refractivity contribution in [2.24, 2.45) is 0 Å². The van der Waals surface area contributed by atoms with E-state index in [9.17, 15) is 35.2 Å². The number of halogens is 5. The van der Waals surface area contributed by atoms with Crippen molar-refractivity contribution in [1.82, 2.24) is 0 Å². The SMILES string of the molecule is CC[Si](C)(CCCC(=O)OC(C(F)(F)F)C(F)(F)S(=O)(=O)O)OC. The van der Waals surface area contributed by atoms with Crippen LogP contribution in [-0.2, 0) is 24.1 Å². The van der Waals surface area contributed by atoms with Crippen LogP contribution < -0.4 is 0 Å². The average Bonchev–Trinajstić information content (AvgIpc) is 2.41. The summed E-state index contributed by atoms with van der Waals surface area (Å²) in [6.07, 6.45) is -10.8. The van der Waals surface area contributed by atoms with E-state index >= 15 is 0 Å². The van der Waals surface area contributed by atoms with Crippen molar-refractivity contribution in [2.45, 2.75) is 55.9 Å². The monoisotopic (exact) mass is 402 g/mol. The van der Waals surface area contributed by atoms with Crippen molar-refractivity contribution in [3.63, 3.8) is 0 Å². The minimum atomic E-state index is -6.43. The van der Waals surface area contributed by atoms with E-state index in [1.54, 1.807) is 0 Å². The highest BCUT2D eigenvalue weighted by molar-refractivity contribution is 7.86. The predicted molar refractivity (Wildman–Crippen MR) is 75.6 cm³/mol. The highest BCUT2D eigenvalue weighted by Crippen LogP contribution is 2.38. The zero-order valence-electron chi connectivity index (χ0n) is 13.2. The number of esters is 1. The maximum Gasteiger partial charge on any atom is 0.432 e. The van der Waals surface area contributed by atoms with Crippen LogP contribution in [0, 0.1) is 0 Å². The quantitative estimate of drug-likeness (QED) is 0.276. The molecule has 0 aromatic carbocycles. The van der Waals surface area contributed by atoms with Crippen LogP contribution in [-0.4, -0.2) is 51.9 Å². The first-order valence-corrected chi connectivity index (χ1v) is 11.0. The summed E-state index contributed by atoms with van der Waals surface area (Å²) in [6.45, 7) is 3.66. The molecule has 13 heteroatoms. The fourth-order valence-electron chi connectivity index (χ4n) is 1.68. The minimum Gasteiger partial charge on any atom is -0.445 e. The Balaban J connectivity index is 5.00. The van der Waals surface area contributed by atoms with Gasteiger partial charge in [0.05, 0.1) is 0 Å². The van der Waals surface area contributed by atoms with Crippen LogP contribution in [0.4, 0.5) is 22.0 Å². The summed E-state index contributed by atoms with van der Waals surface area (Å²) in [7, 11) is -7.09. The topological polar surface area (TPSA) is 89.9 Å². The molecule has 0 radical (unpaired) electrons. The smallest absolute Gasteiger partial charge is 0.432 e. The van der Waals surface area contributed by atoms with E-state index in [4.69, 9.17) is 8.98 Å². The lowest BCUT2D eigenvalue weighted by atomic mass is 10.3. The first kappa shape index (κ1) is 23.2. The number of alkyl halides is 5. The van der Waals surface area contributed by atoms with Gasteiger partial charge in [0.15, 0.2) is 8.32 Å². The molecule has 2 atom stereocenters. The number of carbonyl (C=O) groups excluding carboxylic acids is 1. The van der Waals surface area contributed by atoms with Crippen molar-refractivity contribution >= 4 is 24.4 Å². The van der Waals surface area contributed by atoms with Gasteiger partial charge in [-0.15, -0.1) is 0 Å². The predicted octanol–water partition coefficient (Wildman–Crippen LogP) is 2.96. The van der Waals surface area contributed by atoms with Gasteiger partial charge in [0.2, 0.25) is 0 Å². The second-order valence-corrected chi connectivity index (χ2v) is 11.3. The van der Waals surface area contributed by atoms with Crippen LogP contribution in [0.1, 0.15) is 19.8 Å². The third-order valence-electron chi connectivity index (χ3n) is 3.52. The molecular weight excluding hydrogens is 383 g/mol. The summed E-state index contributed by atoms with van der Waals surface area (Å²) in [6, 6.07) is 1.05. The van der Waals surface area contributed by atoms with Crippen LogP contribution in [0.2, 0.25) is 18.6 Å². The van der Waals surface area contributed by atoms with Crippen LogP contribution in [0.15, 0.2) is 0 Å². The summed E-state index contributed by atoms with van der Waals surface area (Å²) in [5, 5.41) is -5.71. The Bertz CT molecular complexity index is 532. The zero-order valence-corrected chi connectivity index (χ0v) is 15.0. The van der Waals surface area contributed by atoms with Gasteiger partial charge in [0, 0.05) is 13.5 Å². The van der Waals surface area contributed by atoms with Crippen molar-refractivity contribution in [3.05, 3.63) is 0 Å². The molecule has 0 aromatic heterocycles. The van der Waals surface area contributed by atoms with E-state index in [0.29, 0.717) is 12.1 Å². The Labute approximate surface area is 137 Å². The highest BCUT2D eigenvalue weighted by Gasteiger charge is 2.65. The Morgan fingerprint density at radius 2 is 1.75 bits per heavy atom. The maximum absolute atomic E-state index is 13.2. The lowest BCUT2D eigenvalue weighted by molar-refractivity contribution is -0.259. The Kier molecular flexibility index (Phi) is 7.79. The molecule has 0 saturated heterocycles. The molecular formula is C11H19F5O6SSi. The van der Waals surface area contributed by atoms with Gasteiger partial charge in [-0.2, -0.15) is 30.4 Å². The van der Waals surface area contributed by atoms with Gasteiger partial charge in [0.25, 0.3) is 6.10 Å². The highest BCUT2D eigenvalue weighted by atomic mass is 32.2. The first-order chi connectivity index (χ1) is 10.6. The molecule has 0 aliphatic rings. The van der Waals surface area contributed by atoms with Crippen LogP contribution >= 0.6 is 0 Å². The van der Waals surface area contributed by atoms with Gasteiger partial charge in [-0.3, -0.25) is 9.35 Å². The molecule has 0 amide bonds. The van der Waals surface area contributed by atoms with E-state index in [2.05, 4.69) is 4.74 Å². The van der Waals surface area contributed by atoms with Crippen LogP contribution in [0.25, 0.3) is 0 Å². The average molecular weight is 402 g/mol. The van der Waals surface area contributed by atoms with E-state index in [-0.39, 0.29) is 6.42 Å². The molecule has 0 saturated carbocycles. The molecule has 0 aromatic rings. The molecule has 24 heavy (non-hydrogen) atoms. The number of carbonyl (C=O) groups is 1. The molecule has 6 nitrogen and oxygen atoms in total. The first-order valence-electron chi connectivity index (χ1n) is 6.77. The van der Waals surface area contributed by atoms with Gasteiger partial charge in [-0.05, 0) is 25.1 Å². The second-order valence-electron chi connectivity index (χ2n) is 5.31. The largest absolute Gasteiger partial charge is 0.445 e. The molecule has 0 rings (SSSR count). The van der Waals surface area contributed by atoms with Crippen molar-refractivity contribution in [2.75, 3.05) is 7.11 Å². The molecule has 0 aliphatic carbocycles. The lowest BCUT2D eigenvalue weighted by Gasteiger charge is -2.26. The standard InChI is InChI=1S/C11H19F5O6SSi/c1-4-24(3,21-2)7-5-6-8(17)22-9(10(12,13)14)11(15,16)23(18,19)20/h9H,4-7H2,1-3H3,(H,18,19,20). The number of hydrogen-bond acceptors (Lipinski definition) is 5. The maximum atomic E-state index is 13.2. The molecule has 0 spiro atoms. The molecule has 1 N–H and O–H groups in total. The number of ether oxygens (including phenoxy) is 1. The van der Waals surface area contributed by atoms with E-state index in [1.807, 2.05) is 13.5 Å². The summed E-state index contributed by atoms with van der Waals surface area (Å²) in [4.78, 5) is 11.4. The molecule has 144 valence electrons. The third-order valence-corrected chi connectivity index (χ3v) is 8.32. The number of rotatable bonds is 9. The lowest BCUT2D eigenvalue weighted by Crippen LogP contribution is -2.52. The molecule has 0 aliphatic heterocycles. The van der Waals surface area contributed by atoms with Crippen molar-refractivity contribution in [3.8, 4) is 0 Å². The van der Waals surface area contributed by atoms with E-state index < -0.39 is 48.4 Å². The van der Waals surface area contributed by atoms with Gasteiger partial charge < -0.3 is 9.16 Å². The Hall–Kier alpha value is -0.793. The van der Waals surface area contributed by atoms with Gasteiger partial charge in [-0.1, -0.05) is 6.92 Å². The minimum absolute atomic E-state index is 0.0330. The zero-order chi connectivity index (χ0) is 19.4. The number of hydrogen-bond donors (Lipinski definition) is 1. The summed E-state index contributed by atoms with van der Waals surface area (Å²) >= 11 is 0. The third kappa shape index (κ3) is 6.26.